The van der Waals surface area contributed by atoms with Crippen LogP contribution in [0.3, 0.4) is 0 Å². The minimum atomic E-state index is 0.879. The first-order valence-electron chi connectivity index (χ1n) is 22.3. The fourth-order valence-corrected chi connectivity index (χ4v) is 11.2. The van der Waals surface area contributed by atoms with E-state index in [9.17, 15) is 0 Å². The average Bonchev–Trinajstić information content (AvgIpc) is 4.15. The third kappa shape index (κ3) is 4.76. The lowest BCUT2D eigenvalue weighted by atomic mass is 10.1. The number of nitrogens with zero attached hydrogens (tertiary/aromatic N) is 4. The molecule has 0 amide bonds. The van der Waals surface area contributed by atoms with Gasteiger partial charge < -0.3 is 22.7 Å². The summed E-state index contributed by atoms with van der Waals surface area (Å²) in [4.78, 5) is 0. The molecule has 15 aromatic rings. The van der Waals surface area contributed by atoms with Crippen molar-refractivity contribution in [3.05, 3.63) is 218 Å². The molecule has 0 spiro atoms. The van der Waals surface area contributed by atoms with Gasteiger partial charge in [-0.2, -0.15) is 0 Å². The topological polar surface area (TPSA) is 32.9 Å². The highest BCUT2D eigenvalue weighted by molar-refractivity contribution is 6.23. The Morgan fingerprint density at radius 3 is 1.11 bits per heavy atom. The van der Waals surface area contributed by atoms with Crippen molar-refractivity contribution in [3.63, 3.8) is 0 Å². The van der Waals surface area contributed by atoms with Gasteiger partial charge >= 0.3 is 0 Å². The number of benzene rings is 10. The Bertz CT molecular complexity index is 4290. The number of rotatable bonds is 4. The van der Waals surface area contributed by atoms with Crippen LogP contribution in [-0.2, 0) is 0 Å². The molecule has 5 nitrogen and oxygen atoms in total. The fourth-order valence-electron chi connectivity index (χ4n) is 11.2. The van der Waals surface area contributed by atoms with Crippen molar-refractivity contribution in [2.45, 2.75) is 0 Å². The molecule has 0 saturated carbocycles. The molecular formula is C60H36N4O. The van der Waals surface area contributed by atoms with Crippen molar-refractivity contribution < 1.29 is 4.42 Å². The molecule has 15 rings (SSSR count). The zero-order valence-corrected chi connectivity index (χ0v) is 35.0. The molecule has 10 aromatic carbocycles. The van der Waals surface area contributed by atoms with E-state index in [0.29, 0.717) is 0 Å². The lowest BCUT2D eigenvalue weighted by molar-refractivity contribution is 0.668. The summed E-state index contributed by atoms with van der Waals surface area (Å²) in [6.07, 6.45) is 0. The molecule has 65 heavy (non-hydrogen) atoms. The Kier molecular flexibility index (Phi) is 6.89. The number of fused-ring (bicyclic) bond motifs is 15. The molecule has 0 bridgehead atoms. The highest BCUT2D eigenvalue weighted by Crippen LogP contribution is 2.44. The van der Waals surface area contributed by atoms with Crippen LogP contribution in [0.25, 0.3) is 132 Å². The number of furan rings is 1. The molecule has 0 unspecified atom stereocenters. The molecule has 0 saturated heterocycles. The van der Waals surface area contributed by atoms with Gasteiger partial charge in [-0.15, -0.1) is 0 Å². The molecule has 302 valence electrons. The molecule has 5 heterocycles. The Labute approximate surface area is 371 Å². The molecule has 5 aromatic heterocycles. The van der Waals surface area contributed by atoms with Gasteiger partial charge in [0.05, 0.1) is 44.1 Å². The summed E-state index contributed by atoms with van der Waals surface area (Å²) < 4.78 is 16.2. The molecule has 0 fully saturated rings. The quantitative estimate of drug-likeness (QED) is 0.174. The summed E-state index contributed by atoms with van der Waals surface area (Å²) in [7, 11) is 0. The van der Waals surface area contributed by atoms with Crippen LogP contribution >= 0.6 is 0 Å². The standard InChI is InChI=1S/C60H36N4O/c1-3-15-37(16-4-1)61-52-24-12-8-20-42(52)47-33-49-50-34-48-43-21-9-13-25-53(43)62(38-17-5-2-6-18-38)56(48)36-58(50)64(57(49)35-55(47)61)39-27-29-44-41-19-7-11-23-51(41)63(54(44)31-39)40-28-30-46-45-22-10-14-26-59(45)65-60(46)32-40/h1-36H. The summed E-state index contributed by atoms with van der Waals surface area (Å²) in [5, 5.41) is 12.1. The lowest BCUT2D eigenvalue weighted by Crippen LogP contribution is -1.98. The molecule has 0 atom stereocenters. The second-order valence-electron chi connectivity index (χ2n) is 17.3. The summed E-state index contributed by atoms with van der Waals surface area (Å²) in [5.41, 5.74) is 15.5. The first-order valence-corrected chi connectivity index (χ1v) is 22.3. The van der Waals surface area contributed by atoms with Gasteiger partial charge in [0, 0.05) is 82.7 Å². The molecular weight excluding hydrogens is 793 g/mol. The van der Waals surface area contributed by atoms with Gasteiger partial charge in [-0.3, -0.25) is 0 Å². The number of aromatic nitrogens is 4. The SMILES string of the molecule is c1ccc(-n2c3ccccc3c3cc4c5cc6c7ccccc7n(-c7ccccc7)c6cc5n(-c5ccc6c7ccccc7n(-c7ccc8c(c7)oc7ccccc78)c6c5)c4cc32)cc1. The number of hydrogen-bond donors (Lipinski definition) is 0. The van der Waals surface area contributed by atoms with E-state index < -0.39 is 0 Å². The van der Waals surface area contributed by atoms with Gasteiger partial charge in [0.1, 0.15) is 11.2 Å². The second-order valence-corrected chi connectivity index (χ2v) is 17.3. The predicted molar refractivity (Wildman–Crippen MR) is 271 cm³/mol. The average molecular weight is 829 g/mol. The molecule has 0 aliphatic heterocycles. The van der Waals surface area contributed by atoms with Crippen molar-refractivity contribution in [2.75, 3.05) is 0 Å². The molecule has 0 radical (unpaired) electrons. The van der Waals surface area contributed by atoms with E-state index in [2.05, 4.69) is 225 Å². The molecule has 0 N–H and O–H groups in total. The Balaban J connectivity index is 1.08. The maximum absolute atomic E-state index is 6.47. The highest BCUT2D eigenvalue weighted by atomic mass is 16.3. The minimum Gasteiger partial charge on any atom is -0.456 e. The van der Waals surface area contributed by atoms with Crippen LogP contribution in [0.15, 0.2) is 223 Å². The van der Waals surface area contributed by atoms with Gasteiger partial charge in [0.15, 0.2) is 0 Å². The van der Waals surface area contributed by atoms with Gasteiger partial charge in [-0.1, -0.05) is 115 Å². The van der Waals surface area contributed by atoms with Crippen LogP contribution in [0, 0.1) is 0 Å². The summed E-state index contributed by atoms with van der Waals surface area (Å²) in [6, 6.07) is 79.7. The van der Waals surface area contributed by atoms with E-state index in [1.807, 2.05) is 12.1 Å². The van der Waals surface area contributed by atoms with Crippen molar-refractivity contribution in [3.8, 4) is 22.7 Å². The Morgan fingerprint density at radius 2 is 0.554 bits per heavy atom. The van der Waals surface area contributed by atoms with E-state index in [1.54, 1.807) is 0 Å². The third-order valence-electron chi connectivity index (χ3n) is 13.9. The van der Waals surface area contributed by atoms with Crippen molar-refractivity contribution in [1.82, 2.24) is 18.3 Å². The van der Waals surface area contributed by atoms with Crippen molar-refractivity contribution in [1.29, 1.82) is 0 Å². The number of para-hydroxylation sites is 6. The second kappa shape index (κ2) is 12.9. The Morgan fingerprint density at radius 1 is 0.200 bits per heavy atom. The normalized spacial score (nSPS) is 12.3. The molecule has 0 aliphatic rings. The number of hydrogen-bond acceptors (Lipinski definition) is 1. The summed E-state index contributed by atoms with van der Waals surface area (Å²) in [6.45, 7) is 0. The maximum Gasteiger partial charge on any atom is 0.137 e. The van der Waals surface area contributed by atoms with E-state index in [4.69, 9.17) is 4.42 Å². The van der Waals surface area contributed by atoms with Crippen LogP contribution in [0.2, 0.25) is 0 Å². The molecule has 0 aliphatic carbocycles. The predicted octanol–water partition coefficient (Wildman–Crippen LogP) is 16.0. The zero-order chi connectivity index (χ0) is 42.3. The minimum absolute atomic E-state index is 0.879. The largest absolute Gasteiger partial charge is 0.456 e. The first-order chi connectivity index (χ1) is 32.2. The van der Waals surface area contributed by atoms with Crippen LogP contribution in [0.5, 0.6) is 0 Å². The van der Waals surface area contributed by atoms with E-state index >= 15 is 0 Å². The zero-order valence-electron chi connectivity index (χ0n) is 35.0. The highest BCUT2D eigenvalue weighted by Gasteiger charge is 2.23. The van der Waals surface area contributed by atoms with Gasteiger partial charge in [-0.25, -0.2) is 0 Å². The summed E-state index contributed by atoms with van der Waals surface area (Å²) in [5.74, 6) is 0. The first kappa shape index (κ1) is 34.7. The maximum atomic E-state index is 6.47. The lowest BCUT2D eigenvalue weighted by Gasteiger charge is -2.13. The fraction of sp³-hybridized carbons (Fsp3) is 0. The van der Waals surface area contributed by atoms with Crippen LogP contribution in [0.1, 0.15) is 0 Å². The van der Waals surface area contributed by atoms with Gasteiger partial charge in [0.25, 0.3) is 0 Å². The van der Waals surface area contributed by atoms with E-state index in [1.165, 1.54) is 65.2 Å². The van der Waals surface area contributed by atoms with Gasteiger partial charge in [0.2, 0.25) is 0 Å². The third-order valence-corrected chi connectivity index (χ3v) is 13.9. The molecule has 5 heteroatoms. The van der Waals surface area contributed by atoms with E-state index in [-0.39, 0.29) is 0 Å². The smallest absolute Gasteiger partial charge is 0.137 e. The van der Waals surface area contributed by atoms with E-state index in [0.717, 1.165) is 66.8 Å². The van der Waals surface area contributed by atoms with Gasteiger partial charge in [-0.05, 0) is 97.1 Å². The Hall–Kier alpha value is -8.80. The van der Waals surface area contributed by atoms with Crippen LogP contribution in [-0.4, -0.2) is 18.3 Å². The van der Waals surface area contributed by atoms with Crippen LogP contribution in [0.4, 0.5) is 0 Å². The monoisotopic (exact) mass is 828 g/mol. The van der Waals surface area contributed by atoms with Crippen LogP contribution < -0.4 is 0 Å². The van der Waals surface area contributed by atoms with Crippen molar-refractivity contribution >= 4 is 109 Å². The van der Waals surface area contributed by atoms with Crippen molar-refractivity contribution in [2.24, 2.45) is 0 Å². The summed E-state index contributed by atoms with van der Waals surface area (Å²) >= 11 is 0.